The summed E-state index contributed by atoms with van der Waals surface area (Å²) < 4.78 is 75.5. The van der Waals surface area contributed by atoms with Crippen LogP contribution >= 0.6 is 0 Å². The average molecular weight is 1380 g/mol. The zero-order chi connectivity index (χ0) is 67.3. The van der Waals surface area contributed by atoms with E-state index >= 15 is 0 Å². The molecule has 0 aliphatic rings. The second-order valence-electron chi connectivity index (χ2n) is 29.6. The minimum atomic E-state index is -4.59. The molecule has 2 atom stereocenters. The fourth-order valence-electron chi connectivity index (χ4n) is 14.0. The van der Waals surface area contributed by atoms with Gasteiger partial charge in [-0.3, -0.25) is 8.37 Å². The van der Waals surface area contributed by atoms with E-state index in [9.17, 15) is 25.9 Å². The van der Waals surface area contributed by atoms with Gasteiger partial charge in [0, 0.05) is 0 Å². The molecule has 0 aromatic heterocycles. The Morgan fingerprint density at radius 2 is 0.290 bits per heavy atom. The Morgan fingerprint density at radius 3 is 0.387 bits per heavy atom. The number of unbranched alkanes of at least 4 members (excludes halogenated alkanes) is 66. The molecule has 0 aromatic rings. The summed E-state index contributed by atoms with van der Waals surface area (Å²) in [6, 6.07) is 0. The molecule has 8 nitrogen and oxygen atoms in total. The molecule has 0 fully saturated rings. The van der Waals surface area contributed by atoms with Gasteiger partial charge in [-0.1, -0.05) is 477 Å². The molecule has 0 radical (unpaired) electrons. The molecule has 0 spiro atoms. The molecule has 556 valence electrons. The fourth-order valence-corrected chi connectivity index (χ4v) is 14.7. The van der Waals surface area contributed by atoms with Crippen LogP contribution in [0.1, 0.15) is 503 Å². The van der Waals surface area contributed by atoms with E-state index in [1.165, 1.54) is 424 Å². The zero-order valence-corrected chi connectivity index (χ0v) is 67.5. The molecular formula is C82H166CaO8S2. The quantitative estimate of drug-likeness (QED) is 0.0254. The summed E-state index contributed by atoms with van der Waals surface area (Å²) in [6.45, 7) is 9.28. The standard InChI is InChI=1S/2C41H84O4S.Ca/c2*1-3-5-7-9-11-13-15-17-19-20-21-22-23-25-27-29-31-33-35-37-39-41(40-45-46(42,43)44)38-36-34-32-30-28-26-24-18-16-14-12-10-8-6-4-2;/h2*41H,3-40H2,1-2H3,(H,42,43,44);/q;;+2/p-2. The Balaban J connectivity index is -0.00000172. The van der Waals surface area contributed by atoms with E-state index < -0.39 is 20.8 Å². The molecule has 0 rings (SSSR count). The third-order valence-corrected chi connectivity index (χ3v) is 21.1. The first-order valence-electron chi connectivity index (χ1n) is 42.2. The van der Waals surface area contributed by atoms with Gasteiger partial charge < -0.3 is 9.11 Å². The van der Waals surface area contributed by atoms with Gasteiger partial charge in [0.15, 0.2) is 0 Å². The van der Waals surface area contributed by atoms with Crippen molar-refractivity contribution in [2.75, 3.05) is 13.2 Å². The first kappa shape index (κ1) is 98.2. The normalized spacial score (nSPS) is 12.5. The number of rotatable bonds is 80. The minimum absolute atomic E-state index is 0. The molecule has 0 aliphatic carbocycles. The van der Waals surface area contributed by atoms with Crippen LogP contribution in [0.15, 0.2) is 0 Å². The van der Waals surface area contributed by atoms with E-state index in [0.29, 0.717) is 0 Å². The van der Waals surface area contributed by atoms with Gasteiger partial charge in [-0.15, -0.1) is 0 Å². The van der Waals surface area contributed by atoms with Crippen molar-refractivity contribution in [1.29, 1.82) is 0 Å². The second-order valence-corrected chi connectivity index (χ2v) is 31.7. The monoisotopic (exact) mass is 1380 g/mol. The molecule has 2 unspecified atom stereocenters. The van der Waals surface area contributed by atoms with Gasteiger partial charge in [-0.2, -0.15) is 0 Å². The van der Waals surface area contributed by atoms with E-state index in [2.05, 4.69) is 36.1 Å². The van der Waals surface area contributed by atoms with Crippen molar-refractivity contribution in [1.82, 2.24) is 0 Å². The SMILES string of the molecule is CCCCCCCCCCCCCCCCCCCCCCC(CCCCCCCCCCCCCCCCC)COS(=O)(=O)[O-].CCCCCCCCCCCCCCCCCCCCCCC(CCCCCCCCCCCCCCCCC)COS(=O)(=O)[O-].[Ca+2]. The van der Waals surface area contributed by atoms with Crippen LogP contribution < -0.4 is 0 Å². The molecule has 0 amide bonds. The fraction of sp³-hybridized carbons (Fsp3) is 1.00. The topological polar surface area (TPSA) is 133 Å². The molecular weight excluding hydrogens is 1220 g/mol. The van der Waals surface area contributed by atoms with Crippen molar-refractivity contribution < 1.29 is 34.3 Å². The van der Waals surface area contributed by atoms with Crippen molar-refractivity contribution >= 4 is 58.5 Å². The Bertz CT molecular complexity index is 1450. The first-order valence-corrected chi connectivity index (χ1v) is 44.9. The van der Waals surface area contributed by atoms with Crippen LogP contribution in [0.5, 0.6) is 0 Å². The summed E-state index contributed by atoms with van der Waals surface area (Å²) >= 11 is 0. The van der Waals surface area contributed by atoms with Crippen molar-refractivity contribution in [2.24, 2.45) is 11.8 Å². The van der Waals surface area contributed by atoms with Crippen LogP contribution in [0.3, 0.4) is 0 Å². The summed E-state index contributed by atoms with van der Waals surface area (Å²) in [7, 11) is -9.19. The zero-order valence-electron chi connectivity index (χ0n) is 63.7. The van der Waals surface area contributed by atoms with Gasteiger partial charge >= 0.3 is 37.7 Å². The van der Waals surface area contributed by atoms with Gasteiger partial charge in [0.1, 0.15) is 0 Å². The van der Waals surface area contributed by atoms with Crippen LogP contribution in [0, 0.1) is 11.8 Å². The van der Waals surface area contributed by atoms with Crippen molar-refractivity contribution in [3.05, 3.63) is 0 Å². The first-order chi connectivity index (χ1) is 45.0. The van der Waals surface area contributed by atoms with Gasteiger partial charge in [0.25, 0.3) is 0 Å². The molecule has 93 heavy (non-hydrogen) atoms. The second kappa shape index (κ2) is 83.7. The van der Waals surface area contributed by atoms with Crippen molar-refractivity contribution in [3.63, 3.8) is 0 Å². The third kappa shape index (κ3) is 93.0. The van der Waals surface area contributed by atoms with E-state index in [4.69, 9.17) is 0 Å². The Hall–Kier alpha value is 1.000. The molecule has 0 heterocycles. The summed E-state index contributed by atoms with van der Waals surface area (Å²) in [5.41, 5.74) is 0. The molecule has 0 saturated carbocycles. The maximum Gasteiger partial charge on any atom is 2.00 e. The summed E-state index contributed by atoms with van der Waals surface area (Å²) in [4.78, 5) is 0. The van der Waals surface area contributed by atoms with Crippen molar-refractivity contribution in [3.8, 4) is 0 Å². The van der Waals surface area contributed by atoms with Crippen LogP contribution in [-0.4, -0.2) is 76.9 Å². The van der Waals surface area contributed by atoms with Gasteiger partial charge in [0.05, 0.1) is 13.2 Å². The van der Waals surface area contributed by atoms with Gasteiger partial charge in [-0.05, 0) is 37.5 Å². The van der Waals surface area contributed by atoms with Gasteiger partial charge in [-0.25, -0.2) is 16.8 Å². The predicted molar refractivity (Wildman–Crippen MR) is 408 cm³/mol. The van der Waals surface area contributed by atoms with Crippen LogP contribution in [0.2, 0.25) is 0 Å². The summed E-state index contributed by atoms with van der Waals surface area (Å²) in [6.07, 6.45) is 99.5. The predicted octanol–water partition coefficient (Wildman–Crippen LogP) is 28.7. The molecule has 0 aliphatic heterocycles. The molecule has 0 saturated heterocycles. The van der Waals surface area contributed by atoms with E-state index in [1.54, 1.807) is 0 Å². The van der Waals surface area contributed by atoms with Crippen molar-refractivity contribution in [2.45, 2.75) is 503 Å². The third-order valence-electron chi connectivity index (χ3n) is 20.3. The van der Waals surface area contributed by atoms with E-state index in [0.717, 1.165) is 51.4 Å². The Kier molecular flexibility index (Phi) is 88.3. The largest absolute Gasteiger partial charge is 2.00 e. The van der Waals surface area contributed by atoms with E-state index in [1.807, 2.05) is 0 Å². The Labute approximate surface area is 615 Å². The molecule has 11 heteroatoms. The van der Waals surface area contributed by atoms with Crippen LogP contribution in [0.25, 0.3) is 0 Å². The maximum atomic E-state index is 11.0. The summed E-state index contributed by atoms with van der Waals surface area (Å²) in [5, 5.41) is 0. The maximum absolute atomic E-state index is 11.0. The van der Waals surface area contributed by atoms with E-state index in [-0.39, 0.29) is 62.8 Å². The molecule has 0 aromatic carbocycles. The molecule has 0 N–H and O–H groups in total. The van der Waals surface area contributed by atoms with Gasteiger partial charge in [0.2, 0.25) is 20.8 Å². The van der Waals surface area contributed by atoms with Crippen LogP contribution in [-0.2, 0) is 29.2 Å². The minimum Gasteiger partial charge on any atom is -0.726 e. The number of hydrogen-bond donors (Lipinski definition) is 0. The average Bonchev–Trinajstić information content (AvgIpc) is 3.75. The summed E-state index contributed by atoms with van der Waals surface area (Å²) in [5.74, 6) is 0.391. The Morgan fingerprint density at radius 1 is 0.194 bits per heavy atom. The number of hydrogen-bond acceptors (Lipinski definition) is 8. The van der Waals surface area contributed by atoms with Crippen LogP contribution in [0.4, 0.5) is 0 Å². The smallest absolute Gasteiger partial charge is 0.726 e. The molecule has 0 bridgehead atoms.